The molecule has 0 heterocycles. The molecule has 0 fully saturated rings. The van der Waals surface area contributed by atoms with E-state index in [9.17, 15) is 0 Å². The van der Waals surface area contributed by atoms with Crippen LogP contribution in [-0.4, -0.2) is 6.54 Å². The molecule has 0 radical (unpaired) electrons. The topological polar surface area (TPSA) is 26.0 Å². The van der Waals surface area contributed by atoms with Crippen molar-refractivity contribution in [1.29, 1.82) is 0 Å². The number of nitrogens with two attached hydrogens (primary N) is 1. The summed E-state index contributed by atoms with van der Waals surface area (Å²) in [6.07, 6.45) is 1.06. The van der Waals surface area contributed by atoms with E-state index in [1.54, 1.807) is 0 Å². The fourth-order valence-corrected chi connectivity index (χ4v) is 0.298. The van der Waals surface area contributed by atoms with Gasteiger partial charge in [-0.05, 0) is 0 Å². The van der Waals surface area contributed by atoms with Gasteiger partial charge in [0.1, 0.15) is 0 Å². The van der Waals surface area contributed by atoms with Crippen molar-refractivity contribution in [3.63, 3.8) is 0 Å². The van der Waals surface area contributed by atoms with Gasteiger partial charge < -0.3 is 0 Å². The van der Waals surface area contributed by atoms with Crippen molar-refractivity contribution in [2.75, 3.05) is 6.54 Å². The average Bonchev–Trinajstić information content (AvgIpc) is 1.41. The first kappa shape index (κ1) is 5.48. The Labute approximate surface area is 40.7 Å². The second kappa shape index (κ2) is 4.48. The van der Waals surface area contributed by atoms with Gasteiger partial charge >= 0.3 is 40.0 Å². The van der Waals surface area contributed by atoms with Crippen LogP contribution in [0.15, 0.2) is 0 Å². The van der Waals surface area contributed by atoms with Crippen molar-refractivity contribution in [2.24, 2.45) is 5.73 Å². The molecular weight excluding hydrogens is 106 g/mol. The van der Waals surface area contributed by atoms with Gasteiger partial charge in [0.05, 0.1) is 0 Å². The first-order valence-electron chi connectivity index (χ1n) is 1.66. The molecule has 0 atom stereocenters. The van der Waals surface area contributed by atoms with Gasteiger partial charge in [-0.25, -0.2) is 0 Å². The van der Waals surface area contributed by atoms with Gasteiger partial charge in [0.25, 0.3) is 0 Å². The van der Waals surface area contributed by atoms with Crippen LogP contribution in [0.3, 0.4) is 0 Å². The van der Waals surface area contributed by atoms with E-state index in [0.29, 0.717) is 0 Å². The first-order valence-corrected chi connectivity index (χ1v) is 2.44. The predicted octanol–water partition coefficient (Wildman–Crippen LogP) is 0.300. The number of rotatable bonds is 2. The van der Waals surface area contributed by atoms with E-state index in [1.165, 1.54) is 0 Å². The zero-order valence-corrected chi connectivity index (χ0v) is 4.16. The molecule has 0 bridgehead atoms. The van der Waals surface area contributed by atoms with Crippen molar-refractivity contribution < 1.29 is 16.0 Å². The molecule has 33 valence electrons. The van der Waals surface area contributed by atoms with Crippen LogP contribution in [0, 0.1) is 0 Å². The molecule has 0 aliphatic heterocycles. The summed E-state index contributed by atoms with van der Waals surface area (Å²) in [6.45, 7) is 0.781. The molecule has 0 saturated heterocycles. The van der Waals surface area contributed by atoms with Gasteiger partial charge in [-0.3, -0.25) is 0 Å². The van der Waals surface area contributed by atoms with Crippen LogP contribution in [0.1, 0.15) is 6.42 Å². The van der Waals surface area contributed by atoms with Crippen molar-refractivity contribution >= 4 is 0 Å². The summed E-state index contributed by atoms with van der Waals surface area (Å²) in [6, 6.07) is 0. The maximum absolute atomic E-state index is 5.10. The minimum absolute atomic E-state index is 0.781. The van der Waals surface area contributed by atoms with Gasteiger partial charge in [0.15, 0.2) is 0 Å². The van der Waals surface area contributed by atoms with Crippen LogP contribution in [0.4, 0.5) is 0 Å². The van der Waals surface area contributed by atoms with E-state index in [4.69, 9.17) is 5.73 Å². The predicted molar refractivity (Wildman–Crippen MR) is 18.5 cm³/mol. The molecule has 5 heavy (non-hydrogen) atoms. The van der Waals surface area contributed by atoms with Gasteiger partial charge in [-0.2, -0.15) is 0 Å². The van der Waals surface area contributed by atoms with Crippen molar-refractivity contribution in [2.45, 2.75) is 11.7 Å². The molecule has 2 N–H and O–H groups in total. The summed E-state index contributed by atoms with van der Waals surface area (Å²) in [5.74, 6) is 0. The Morgan fingerprint density at radius 2 is 2.20 bits per heavy atom. The Hall–Kier alpha value is 0.479. The molecule has 0 aromatic carbocycles. The number of hydrogen-bond acceptors (Lipinski definition) is 1. The summed E-state index contributed by atoms with van der Waals surface area (Å²) in [4.78, 5) is 0. The third kappa shape index (κ3) is 4.48. The summed E-state index contributed by atoms with van der Waals surface area (Å²) in [5.41, 5.74) is 5.10. The second-order valence-corrected chi connectivity index (χ2v) is 1.37. The monoisotopic (exact) mass is 114 g/mol. The Morgan fingerprint density at radius 3 is 2.20 bits per heavy atom. The third-order valence-corrected chi connectivity index (χ3v) is 0.720. The molecule has 0 spiro atoms. The van der Waals surface area contributed by atoms with Crippen LogP contribution in [0.5, 0.6) is 0 Å². The summed E-state index contributed by atoms with van der Waals surface area (Å²) in [5, 5.41) is 0.969. The summed E-state index contributed by atoms with van der Waals surface area (Å²) in [7, 11) is 0. The quantitative estimate of drug-likeness (QED) is 0.513. The van der Waals surface area contributed by atoms with Crippen LogP contribution in [-0.2, 0) is 16.0 Å². The van der Waals surface area contributed by atoms with Gasteiger partial charge in [-0.15, -0.1) is 0 Å². The molecule has 2 heteroatoms. The molecule has 0 rings (SSSR count). The van der Waals surface area contributed by atoms with E-state index in [2.05, 4.69) is 16.0 Å². The van der Waals surface area contributed by atoms with E-state index < -0.39 is 0 Å². The minimum atomic E-state index is 0.781. The van der Waals surface area contributed by atoms with E-state index in [0.717, 1.165) is 18.3 Å². The zero-order valence-electron chi connectivity index (χ0n) is 3.05. The zero-order chi connectivity index (χ0) is 4.12. The second-order valence-electron chi connectivity index (χ2n) is 0.819. The molecule has 1 nitrogen and oxygen atoms in total. The normalized spacial score (nSPS) is 8.40. The average molecular weight is 114 g/mol. The van der Waals surface area contributed by atoms with Crippen LogP contribution in [0.2, 0.25) is 5.32 Å². The van der Waals surface area contributed by atoms with Gasteiger partial charge in [0.2, 0.25) is 0 Å². The van der Waals surface area contributed by atoms with Crippen molar-refractivity contribution in [1.82, 2.24) is 0 Å². The summed E-state index contributed by atoms with van der Waals surface area (Å²) < 4.78 is 0. The molecule has 0 unspecified atom stereocenters. The molecule has 0 aromatic heterocycles. The van der Waals surface area contributed by atoms with E-state index in [-0.39, 0.29) is 0 Å². The van der Waals surface area contributed by atoms with Crippen molar-refractivity contribution in [3.8, 4) is 0 Å². The molecule has 0 aliphatic rings. The van der Waals surface area contributed by atoms with Gasteiger partial charge in [-0.1, -0.05) is 0 Å². The van der Waals surface area contributed by atoms with Crippen LogP contribution in [0.25, 0.3) is 0 Å². The fourth-order valence-electron chi connectivity index (χ4n) is 0.0722. The molecule has 0 aromatic rings. The SMILES string of the molecule is NCC[CH2][Fe]. The Morgan fingerprint density at radius 1 is 1.60 bits per heavy atom. The van der Waals surface area contributed by atoms with E-state index in [1.807, 2.05) is 0 Å². The van der Waals surface area contributed by atoms with E-state index >= 15 is 0 Å². The Kier molecular flexibility index (Phi) is 4.91. The third-order valence-electron chi connectivity index (χ3n) is 0.329. The van der Waals surface area contributed by atoms with Gasteiger partial charge in [0, 0.05) is 0 Å². The van der Waals surface area contributed by atoms with Crippen LogP contribution >= 0.6 is 0 Å². The standard InChI is InChI=1S/C3H8N.Fe/c1-2-3-4;/h1-4H2;. The maximum atomic E-state index is 5.10. The Bertz CT molecular complexity index is 14.4. The first-order chi connectivity index (χ1) is 2.41. The molecule has 0 saturated carbocycles. The Balaban J connectivity index is 2.19. The molecule has 0 aliphatic carbocycles. The fraction of sp³-hybridized carbons (Fsp3) is 1.00. The van der Waals surface area contributed by atoms with Crippen molar-refractivity contribution in [3.05, 3.63) is 0 Å². The molecule has 0 amide bonds. The molecular formula is C3H8FeN. The van der Waals surface area contributed by atoms with Crippen LogP contribution < -0.4 is 5.73 Å². The number of hydrogen-bond donors (Lipinski definition) is 1. The summed E-state index contributed by atoms with van der Waals surface area (Å²) >= 11 is 3.60.